The number of hydrogen-bond donors (Lipinski definition) is 4. The van der Waals surface area contributed by atoms with Gasteiger partial charge in [-0.05, 0) is 0 Å². The van der Waals surface area contributed by atoms with E-state index in [1.54, 1.807) is 0 Å². The SMILES string of the molecule is O=c1[nH]c2c(s1)=CCC(=NN=C1CC=c3sc(=O)[nH]c3=C1S(=O)(=O)O)C=2S(=O)(=O)O. The predicted octanol–water partition coefficient (Wildman–Crippen LogP) is -2.96. The number of rotatable bonds is 3. The predicted molar refractivity (Wildman–Crippen MR) is 111 cm³/mol. The monoisotopic (exact) mass is 490 g/mol. The minimum Gasteiger partial charge on any atom is -0.311 e. The molecule has 0 amide bonds. The van der Waals surface area contributed by atoms with Crippen LogP contribution in [0.5, 0.6) is 0 Å². The molecule has 0 fully saturated rings. The highest BCUT2D eigenvalue weighted by Crippen LogP contribution is 2.16. The smallest absolute Gasteiger partial charge is 0.305 e. The average molecular weight is 491 g/mol. The highest BCUT2D eigenvalue weighted by molar-refractivity contribution is 7.96. The number of nitrogens with one attached hydrogen (secondary N) is 2. The standard InChI is InChI=1S/C14H10N4O8S4/c19-13-15-9-7(27-13)3-1-5(11(9)29(21,22)23)17-18-6-2-4-8-10(16-14(20)28-8)12(6)30(24,25)26/h3-4H,1-2H2,(H,15,19)(H,16,20)(H,21,22,23)(H,24,25,26). The van der Waals surface area contributed by atoms with Gasteiger partial charge < -0.3 is 9.97 Å². The van der Waals surface area contributed by atoms with Gasteiger partial charge in [0, 0.05) is 12.8 Å². The largest absolute Gasteiger partial charge is 0.311 e. The molecule has 0 atom stereocenters. The molecular weight excluding hydrogens is 480 g/mol. The summed E-state index contributed by atoms with van der Waals surface area (Å²) in [5.41, 5.74) is -0.489. The Morgan fingerprint density at radius 1 is 0.767 bits per heavy atom. The van der Waals surface area contributed by atoms with Crippen LogP contribution in [-0.2, 0) is 20.2 Å². The maximum Gasteiger partial charge on any atom is 0.305 e. The number of H-pyrrole nitrogens is 2. The molecule has 4 N–H and O–H groups in total. The van der Waals surface area contributed by atoms with Crippen LogP contribution in [0, 0.1) is 0 Å². The summed E-state index contributed by atoms with van der Waals surface area (Å²) in [5.74, 6) is 0. The maximum atomic E-state index is 11.9. The van der Waals surface area contributed by atoms with Crippen LogP contribution < -0.4 is 29.5 Å². The summed E-state index contributed by atoms with van der Waals surface area (Å²) in [4.78, 5) is 25.4. The average Bonchev–Trinajstić information content (AvgIpc) is 3.16. The zero-order valence-corrected chi connectivity index (χ0v) is 17.7. The van der Waals surface area contributed by atoms with Gasteiger partial charge in [0.15, 0.2) is 0 Å². The molecule has 2 aromatic heterocycles. The summed E-state index contributed by atoms with van der Waals surface area (Å²) in [6.45, 7) is 0. The zero-order valence-electron chi connectivity index (χ0n) is 14.4. The van der Waals surface area contributed by atoms with E-state index in [1.807, 2.05) is 0 Å². The van der Waals surface area contributed by atoms with Gasteiger partial charge in [-0.1, -0.05) is 34.8 Å². The topological polar surface area (TPSA) is 199 Å². The molecule has 2 aromatic rings. The maximum absolute atomic E-state index is 11.9. The molecule has 0 aliphatic heterocycles. The van der Waals surface area contributed by atoms with Crippen molar-refractivity contribution in [1.29, 1.82) is 0 Å². The summed E-state index contributed by atoms with van der Waals surface area (Å²) in [6, 6.07) is 0. The molecule has 0 aromatic carbocycles. The molecule has 0 saturated carbocycles. The molecule has 2 aliphatic rings. The van der Waals surface area contributed by atoms with Crippen molar-refractivity contribution in [3.05, 3.63) is 39.1 Å². The Kier molecular flexibility index (Phi) is 4.87. The Labute approximate surface area is 174 Å². The lowest BCUT2D eigenvalue weighted by Crippen LogP contribution is -2.35. The quantitative estimate of drug-likeness (QED) is 0.258. The minimum atomic E-state index is -4.81. The van der Waals surface area contributed by atoms with Gasteiger partial charge in [0.25, 0.3) is 20.2 Å². The van der Waals surface area contributed by atoms with Crippen LogP contribution >= 0.6 is 22.7 Å². The van der Waals surface area contributed by atoms with Gasteiger partial charge in [-0.15, -0.1) is 0 Å². The van der Waals surface area contributed by atoms with Crippen molar-refractivity contribution in [3.63, 3.8) is 0 Å². The summed E-state index contributed by atoms with van der Waals surface area (Å²) in [5, 5.41) is 7.28. The molecule has 12 nitrogen and oxygen atoms in total. The first-order valence-electron chi connectivity index (χ1n) is 7.91. The van der Waals surface area contributed by atoms with Crippen molar-refractivity contribution in [2.45, 2.75) is 12.8 Å². The van der Waals surface area contributed by atoms with Crippen LogP contribution in [0.3, 0.4) is 0 Å². The minimum absolute atomic E-state index is 0.113. The molecule has 30 heavy (non-hydrogen) atoms. The molecule has 0 radical (unpaired) electrons. The number of thiazole rings is 2. The van der Waals surface area contributed by atoms with E-state index in [1.165, 1.54) is 12.2 Å². The van der Waals surface area contributed by atoms with Crippen LogP contribution in [0.25, 0.3) is 22.0 Å². The van der Waals surface area contributed by atoms with Crippen LogP contribution in [0.4, 0.5) is 0 Å². The zero-order chi connectivity index (χ0) is 21.8. The molecule has 0 saturated heterocycles. The van der Waals surface area contributed by atoms with Gasteiger partial charge in [0.1, 0.15) is 9.81 Å². The van der Waals surface area contributed by atoms with Crippen molar-refractivity contribution in [1.82, 2.24) is 9.97 Å². The lowest BCUT2D eigenvalue weighted by molar-refractivity contribution is 0.494. The molecule has 158 valence electrons. The Morgan fingerprint density at radius 3 is 1.47 bits per heavy atom. The third kappa shape index (κ3) is 3.68. The Balaban J connectivity index is 1.97. The lowest BCUT2D eigenvalue weighted by Gasteiger charge is -2.10. The van der Waals surface area contributed by atoms with E-state index in [4.69, 9.17) is 0 Å². The van der Waals surface area contributed by atoms with E-state index < -0.39 is 39.8 Å². The molecule has 16 heteroatoms. The van der Waals surface area contributed by atoms with Crippen LogP contribution in [0.15, 0.2) is 19.8 Å². The lowest BCUT2D eigenvalue weighted by atomic mass is 10.2. The molecule has 2 heterocycles. The van der Waals surface area contributed by atoms with Crippen molar-refractivity contribution in [2.75, 3.05) is 0 Å². The normalized spacial score (nSPS) is 19.4. The molecule has 0 unspecified atom stereocenters. The summed E-state index contributed by atoms with van der Waals surface area (Å²) >= 11 is 1.50. The molecule has 0 bridgehead atoms. The van der Waals surface area contributed by atoms with Crippen LogP contribution in [-0.4, -0.2) is 47.3 Å². The number of aromatic amines is 2. The van der Waals surface area contributed by atoms with E-state index in [0.717, 1.165) is 22.7 Å². The Morgan fingerprint density at radius 2 is 1.13 bits per heavy atom. The van der Waals surface area contributed by atoms with Crippen molar-refractivity contribution in [2.24, 2.45) is 10.2 Å². The second-order valence-corrected chi connectivity index (χ2v) is 10.8. The highest BCUT2D eigenvalue weighted by atomic mass is 32.2. The second kappa shape index (κ2) is 7.03. The van der Waals surface area contributed by atoms with E-state index >= 15 is 0 Å². The van der Waals surface area contributed by atoms with Gasteiger partial charge in [-0.25, -0.2) is 0 Å². The summed E-state index contributed by atoms with van der Waals surface area (Å²) < 4.78 is 67.3. The summed E-state index contributed by atoms with van der Waals surface area (Å²) in [6.07, 6.45) is 2.78. The van der Waals surface area contributed by atoms with Gasteiger partial charge in [0.2, 0.25) is 0 Å². The first kappa shape index (κ1) is 20.8. The molecule has 4 rings (SSSR count). The van der Waals surface area contributed by atoms with Crippen molar-refractivity contribution in [3.8, 4) is 0 Å². The highest BCUT2D eigenvalue weighted by Gasteiger charge is 2.28. The first-order chi connectivity index (χ1) is 13.9. The third-order valence-electron chi connectivity index (χ3n) is 4.10. The Hall–Kier alpha value is -2.50. The van der Waals surface area contributed by atoms with Gasteiger partial charge in [0.05, 0.1) is 31.2 Å². The van der Waals surface area contributed by atoms with Crippen molar-refractivity contribution < 1.29 is 25.9 Å². The second-order valence-electron chi connectivity index (χ2n) is 6.03. The van der Waals surface area contributed by atoms with Crippen molar-refractivity contribution >= 4 is 76.3 Å². The number of nitrogens with zero attached hydrogens (tertiary/aromatic N) is 2. The summed E-state index contributed by atoms with van der Waals surface area (Å²) in [7, 11) is -9.62. The van der Waals surface area contributed by atoms with Crippen LogP contribution in [0.1, 0.15) is 12.8 Å². The van der Waals surface area contributed by atoms with Crippen LogP contribution in [0.2, 0.25) is 0 Å². The number of aromatic nitrogens is 2. The Bertz CT molecular complexity index is 1600. The fraction of sp³-hybridized carbons (Fsp3) is 0.143. The van der Waals surface area contributed by atoms with E-state index in [9.17, 15) is 35.5 Å². The fourth-order valence-electron chi connectivity index (χ4n) is 3.01. The van der Waals surface area contributed by atoms with Gasteiger partial charge in [-0.3, -0.25) is 18.7 Å². The van der Waals surface area contributed by atoms with E-state index in [-0.39, 0.29) is 35.0 Å². The van der Waals surface area contributed by atoms with Gasteiger partial charge >= 0.3 is 9.75 Å². The third-order valence-corrected chi connectivity index (χ3v) is 7.77. The molecule has 2 aliphatic carbocycles. The molecular formula is C14H10N4O8S4. The number of fused-ring (bicyclic) bond motifs is 2. The van der Waals surface area contributed by atoms with E-state index in [0.29, 0.717) is 9.06 Å². The molecule has 0 spiro atoms. The first-order valence-corrected chi connectivity index (χ1v) is 12.4. The fourth-order valence-corrected chi connectivity index (χ4v) is 6.37. The van der Waals surface area contributed by atoms with Gasteiger partial charge in [-0.2, -0.15) is 27.0 Å². The van der Waals surface area contributed by atoms with E-state index in [2.05, 4.69) is 20.2 Å². The number of hydrogen-bond acceptors (Lipinski definition) is 10.